The first-order valence-corrected chi connectivity index (χ1v) is 8.05. The zero-order valence-electron chi connectivity index (χ0n) is 12.7. The summed E-state index contributed by atoms with van der Waals surface area (Å²) < 4.78 is 0. The average molecular weight is 281 g/mol. The Morgan fingerprint density at radius 1 is 1.10 bits per heavy atom. The van der Waals surface area contributed by atoms with Crippen LogP contribution in [-0.2, 0) is 0 Å². The second kappa shape index (κ2) is 6.70. The summed E-state index contributed by atoms with van der Waals surface area (Å²) in [7, 11) is 0. The summed E-state index contributed by atoms with van der Waals surface area (Å²) in [5, 5.41) is 3.42. The molecular formula is C18H23N3. The Kier molecular flexibility index (Phi) is 4.49. The molecule has 0 bridgehead atoms. The van der Waals surface area contributed by atoms with Gasteiger partial charge in [-0.1, -0.05) is 50.1 Å². The first kappa shape index (κ1) is 14.1. The molecule has 2 aromatic rings. The van der Waals surface area contributed by atoms with Gasteiger partial charge in [0.15, 0.2) is 5.82 Å². The Hall–Kier alpha value is -1.90. The van der Waals surface area contributed by atoms with Gasteiger partial charge in [0.25, 0.3) is 0 Å². The van der Waals surface area contributed by atoms with Gasteiger partial charge in [0.05, 0.1) is 0 Å². The Labute approximate surface area is 126 Å². The SMILES string of the molecule is CCCNc1cc(C2CCCC2)nc(-c2ccccc2)n1. The van der Waals surface area contributed by atoms with Crippen LogP contribution in [0.5, 0.6) is 0 Å². The van der Waals surface area contributed by atoms with Gasteiger partial charge < -0.3 is 5.32 Å². The van der Waals surface area contributed by atoms with Crippen LogP contribution in [0, 0.1) is 0 Å². The molecule has 3 heteroatoms. The molecule has 0 saturated heterocycles. The van der Waals surface area contributed by atoms with E-state index >= 15 is 0 Å². The smallest absolute Gasteiger partial charge is 0.161 e. The van der Waals surface area contributed by atoms with Crippen molar-refractivity contribution in [3.63, 3.8) is 0 Å². The van der Waals surface area contributed by atoms with Gasteiger partial charge in [-0.15, -0.1) is 0 Å². The van der Waals surface area contributed by atoms with Gasteiger partial charge in [-0.05, 0) is 19.3 Å². The molecule has 1 saturated carbocycles. The molecule has 3 nitrogen and oxygen atoms in total. The van der Waals surface area contributed by atoms with E-state index in [0.717, 1.165) is 30.2 Å². The van der Waals surface area contributed by atoms with Crippen molar-refractivity contribution >= 4 is 5.82 Å². The van der Waals surface area contributed by atoms with E-state index in [4.69, 9.17) is 9.97 Å². The van der Waals surface area contributed by atoms with Crippen LogP contribution in [0.1, 0.15) is 50.6 Å². The largest absolute Gasteiger partial charge is 0.370 e. The van der Waals surface area contributed by atoms with Crippen molar-refractivity contribution in [3.05, 3.63) is 42.1 Å². The number of hydrogen-bond donors (Lipinski definition) is 1. The molecule has 1 N–H and O–H groups in total. The molecule has 1 fully saturated rings. The molecule has 110 valence electrons. The minimum Gasteiger partial charge on any atom is -0.370 e. The van der Waals surface area contributed by atoms with Crippen molar-refractivity contribution in [2.24, 2.45) is 0 Å². The summed E-state index contributed by atoms with van der Waals surface area (Å²) in [6, 6.07) is 12.4. The standard InChI is InChI=1S/C18H23N3/c1-2-12-19-17-13-16(14-8-6-7-9-14)20-18(21-17)15-10-4-3-5-11-15/h3-5,10-11,13-14H,2,6-9,12H2,1H3,(H,19,20,21). The summed E-state index contributed by atoms with van der Waals surface area (Å²) in [6.07, 6.45) is 6.28. The van der Waals surface area contributed by atoms with Crippen LogP contribution in [0.2, 0.25) is 0 Å². The van der Waals surface area contributed by atoms with Gasteiger partial charge in [-0.25, -0.2) is 9.97 Å². The number of hydrogen-bond acceptors (Lipinski definition) is 3. The molecule has 0 spiro atoms. The Balaban J connectivity index is 1.96. The Morgan fingerprint density at radius 3 is 2.57 bits per heavy atom. The lowest BCUT2D eigenvalue weighted by Crippen LogP contribution is -2.07. The van der Waals surface area contributed by atoms with Gasteiger partial charge in [0, 0.05) is 29.8 Å². The summed E-state index contributed by atoms with van der Waals surface area (Å²) in [5.74, 6) is 2.42. The second-order valence-corrected chi connectivity index (χ2v) is 5.78. The molecule has 0 unspecified atom stereocenters. The highest BCUT2D eigenvalue weighted by Gasteiger charge is 2.20. The van der Waals surface area contributed by atoms with Crippen LogP contribution in [0.15, 0.2) is 36.4 Å². The van der Waals surface area contributed by atoms with Gasteiger partial charge in [-0.2, -0.15) is 0 Å². The number of benzene rings is 1. The van der Waals surface area contributed by atoms with Crippen molar-refractivity contribution in [3.8, 4) is 11.4 Å². The highest BCUT2D eigenvalue weighted by atomic mass is 15.0. The van der Waals surface area contributed by atoms with E-state index in [9.17, 15) is 0 Å². The molecule has 1 heterocycles. The topological polar surface area (TPSA) is 37.8 Å². The lowest BCUT2D eigenvalue weighted by atomic mass is 10.0. The number of rotatable bonds is 5. The van der Waals surface area contributed by atoms with Gasteiger partial charge in [0.1, 0.15) is 5.82 Å². The van der Waals surface area contributed by atoms with E-state index < -0.39 is 0 Å². The van der Waals surface area contributed by atoms with Crippen LogP contribution < -0.4 is 5.32 Å². The van der Waals surface area contributed by atoms with E-state index in [2.05, 4.69) is 30.4 Å². The normalized spacial score (nSPS) is 15.3. The minimum absolute atomic E-state index is 0.609. The molecule has 3 rings (SSSR count). The van der Waals surface area contributed by atoms with Crippen LogP contribution >= 0.6 is 0 Å². The van der Waals surface area contributed by atoms with Gasteiger partial charge >= 0.3 is 0 Å². The predicted molar refractivity (Wildman–Crippen MR) is 87.5 cm³/mol. The monoisotopic (exact) mass is 281 g/mol. The minimum atomic E-state index is 0.609. The predicted octanol–water partition coefficient (Wildman–Crippen LogP) is 4.62. The maximum Gasteiger partial charge on any atom is 0.161 e. The number of nitrogens with zero attached hydrogens (tertiary/aromatic N) is 2. The zero-order chi connectivity index (χ0) is 14.5. The van der Waals surface area contributed by atoms with E-state index in [1.165, 1.54) is 31.4 Å². The first-order chi connectivity index (χ1) is 10.4. The highest BCUT2D eigenvalue weighted by molar-refractivity contribution is 5.57. The molecular weight excluding hydrogens is 258 g/mol. The van der Waals surface area contributed by atoms with Crippen molar-refractivity contribution in [2.75, 3.05) is 11.9 Å². The fourth-order valence-electron chi connectivity index (χ4n) is 2.96. The lowest BCUT2D eigenvalue weighted by Gasteiger charge is -2.13. The maximum absolute atomic E-state index is 4.84. The van der Waals surface area contributed by atoms with Crippen LogP contribution in [0.3, 0.4) is 0 Å². The fourth-order valence-corrected chi connectivity index (χ4v) is 2.96. The first-order valence-electron chi connectivity index (χ1n) is 8.05. The molecule has 0 radical (unpaired) electrons. The van der Waals surface area contributed by atoms with Crippen molar-refractivity contribution in [2.45, 2.75) is 44.9 Å². The van der Waals surface area contributed by atoms with Gasteiger partial charge in [-0.3, -0.25) is 0 Å². The lowest BCUT2D eigenvalue weighted by molar-refractivity contribution is 0.695. The molecule has 21 heavy (non-hydrogen) atoms. The summed E-state index contributed by atoms with van der Waals surface area (Å²) in [4.78, 5) is 9.53. The van der Waals surface area contributed by atoms with Crippen LogP contribution in [0.25, 0.3) is 11.4 Å². The third kappa shape index (κ3) is 3.41. The highest BCUT2D eigenvalue weighted by Crippen LogP contribution is 2.34. The number of nitrogens with one attached hydrogen (secondary N) is 1. The zero-order valence-corrected chi connectivity index (χ0v) is 12.7. The van der Waals surface area contributed by atoms with Crippen molar-refractivity contribution < 1.29 is 0 Å². The molecule has 0 atom stereocenters. The number of aromatic nitrogens is 2. The van der Waals surface area contributed by atoms with Crippen molar-refractivity contribution in [1.29, 1.82) is 0 Å². The van der Waals surface area contributed by atoms with Crippen LogP contribution in [0.4, 0.5) is 5.82 Å². The second-order valence-electron chi connectivity index (χ2n) is 5.78. The van der Waals surface area contributed by atoms with E-state index in [0.29, 0.717) is 5.92 Å². The molecule has 1 aliphatic rings. The third-order valence-electron chi connectivity index (χ3n) is 4.11. The van der Waals surface area contributed by atoms with E-state index in [1.54, 1.807) is 0 Å². The third-order valence-corrected chi connectivity index (χ3v) is 4.11. The summed E-state index contributed by atoms with van der Waals surface area (Å²) in [5.41, 5.74) is 2.30. The summed E-state index contributed by atoms with van der Waals surface area (Å²) in [6.45, 7) is 3.12. The van der Waals surface area contributed by atoms with E-state index in [-0.39, 0.29) is 0 Å². The quantitative estimate of drug-likeness (QED) is 0.868. The molecule has 1 aromatic heterocycles. The summed E-state index contributed by atoms with van der Waals surface area (Å²) >= 11 is 0. The average Bonchev–Trinajstić information content (AvgIpc) is 3.08. The van der Waals surface area contributed by atoms with Crippen LogP contribution in [-0.4, -0.2) is 16.5 Å². The van der Waals surface area contributed by atoms with Crippen molar-refractivity contribution in [1.82, 2.24) is 9.97 Å². The van der Waals surface area contributed by atoms with Gasteiger partial charge in [0.2, 0.25) is 0 Å². The number of anilines is 1. The Morgan fingerprint density at radius 2 is 1.86 bits per heavy atom. The molecule has 1 aliphatic carbocycles. The molecule has 1 aromatic carbocycles. The Bertz CT molecular complexity index is 574. The maximum atomic E-state index is 4.84. The molecule has 0 aliphatic heterocycles. The molecule has 0 amide bonds. The van der Waals surface area contributed by atoms with E-state index in [1.807, 2.05) is 18.2 Å². The fraction of sp³-hybridized carbons (Fsp3) is 0.444.